The SMILES string of the molecule is COc1cc(OC)cc(C(=O)NC2CCN(C(=O)Oc3ccccc3)CC2)c1. The Kier molecular flexibility index (Phi) is 6.37. The van der Waals surface area contributed by atoms with Gasteiger partial charge in [0.2, 0.25) is 0 Å². The van der Waals surface area contributed by atoms with Gasteiger partial charge < -0.3 is 24.4 Å². The van der Waals surface area contributed by atoms with E-state index in [0.29, 0.717) is 48.7 Å². The van der Waals surface area contributed by atoms with Crippen LogP contribution in [0.25, 0.3) is 0 Å². The van der Waals surface area contributed by atoms with Gasteiger partial charge in [0.15, 0.2) is 0 Å². The van der Waals surface area contributed by atoms with Crippen LogP contribution in [0.1, 0.15) is 23.2 Å². The van der Waals surface area contributed by atoms with Crippen LogP contribution >= 0.6 is 0 Å². The van der Waals surface area contributed by atoms with E-state index in [1.807, 2.05) is 18.2 Å². The summed E-state index contributed by atoms with van der Waals surface area (Å²) < 4.78 is 15.8. The van der Waals surface area contributed by atoms with Gasteiger partial charge >= 0.3 is 6.09 Å². The van der Waals surface area contributed by atoms with E-state index in [-0.39, 0.29) is 18.0 Å². The van der Waals surface area contributed by atoms with Crippen LogP contribution in [-0.4, -0.2) is 50.3 Å². The molecule has 0 spiro atoms. The fourth-order valence-corrected chi connectivity index (χ4v) is 3.07. The molecule has 148 valence electrons. The van der Waals surface area contributed by atoms with Gasteiger partial charge in [0, 0.05) is 30.8 Å². The normalized spacial score (nSPS) is 14.3. The summed E-state index contributed by atoms with van der Waals surface area (Å²) in [6.07, 6.45) is 0.960. The third kappa shape index (κ3) is 4.94. The van der Waals surface area contributed by atoms with Crippen LogP contribution in [0.4, 0.5) is 4.79 Å². The number of nitrogens with one attached hydrogen (secondary N) is 1. The van der Waals surface area contributed by atoms with Crippen LogP contribution in [0.3, 0.4) is 0 Å². The Balaban J connectivity index is 1.52. The molecule has 0 atom stereocenters. The van der Waals surface area contributed by atoms with E-state index in [1.165, 1.54) is 0 Å². The second-order valence-corrected chi connectivity index (χ2v) is 6.52. The summed E-state index contributed by atoms with van der Waals surface area (Å²) in [5.74, 6) is 1.45. The molecule has 0 bridgehead atoms. The van der Waals surface area contributed by atoms with E-state index in [4.69, 9.17) is 14.2 Å². The molecule has 1 heterocycles. The molecule has 28 heavy (non-hydrogen) atoms. The van der Waals surface area contributed by atoms with E-state index in [1.54, 1.807) is 49.5 Å². The van der Waals surface area contributed by atoms with Gasteiger partial charge in [-0.25, -0.2) is 4.79 Å². The first kappa shape index (κ1) is 19.5. The molecule has 1 fully saturated rings. The van der Waals surface area contributed by atoms with E-state index < -0.39 is 0 Å². The van der Waals surface area contributed by atoms with Gasteiger partial charge in [-0.15, -0.1) is 0 Å². The number of methoxy groups -OCH3 is 2. The summed E-state index contributed by atoms with van der Waals surface area (Å²) in [6.45, 7) is 1.05. The minimum absolute atomic E-state index is 0.00882. The average molecular weight is 384 g/mol. The van der Waals surface area contributed by atoms with Crippen LogP contribution < -0.4 is 19.5 Å². The molecule has 1 saturated heterocycles. The lowest BCUT2D eigenvalue weighted by Gasteiger charge is -2.31. The summed E-state index contributed by atoms with van der Waals surface area (Å²) >= 11 is 0. The highest BCUT2D eigenvalue weighted by Crippen LogP contribution is 2.23. The lowest BCUT2D eigenvalue weighted by Crippen LogP contribution is -2.47. The summed E-state index contributed by atoms with van der Waals surface area (Å²) in [6, 6.07) is 14.0. The van der Waals surface area contributed by atoms with Crippen molar-refractivity contribution in [1.29, 1.82) is 0 Å². The minimum atomic E-state index is -0.367. The molecule has 1 N–H and O–H groups in total. The van der Waals surface area contributed by atoms with Crippen molar-refractivity contribution in [1.82, 2.24) is 10.2 Å². The highest BCUT2D eigenvalue weighted by atomic mass is 16.6. The van der Waals surface area contributed by atoms with Gasteiger partial charge in [-0.2, -0.15) is 0 Å². The quantitative estimate of drug-likeness (QED) is 0.857. The molecule has 2 amide bonds. The van der Waals surface area contributed by atoms with Crippen molar-refractivity contribution < 1.29 is 23.8 Å². The molecule has 0 aromatic heterocycles. The van der Waals surface area contributed by atoms with E-state index in [0.717, 1.165) is 0 Å². The smallest absolute Gasteiger partial charge is 0.415 e. The fraction of sp³-hybridized carbons (Fsp3) is 0.333. The van der Waals surface area contributed by atoms with Crippen molar-refractivity contribution in [2.24, 2.45) is 0 Å². The molecular formula is C21H24N2O5. The minimum Gasteiger partial charge on any atom is -0.497 e. The van der Waals surface area contributed by atoms with Crippen molar-refractivity contribution in [3.05, 3.63) is 54.1 Å². The maximum Gasteiger partial charge on any atom is 0.415 e. The van der Waals surface area contributed by atoms with Gasteiger partial charge in [0.05, 0.1) is 14.2 Å². The Bertz CT molecular complexity index is 795. The van der Waals surface area contributed by atoms with Gasteiger partial charge in [-0.1, -0.05) is 18.2 Å². The molecule has 7 nitrogen and oxygen atoms in total. The highest BCUT2D eigenvalue weighted by Gasteiger charge is 2.25. The molecule has 0 saturated carbocycles. The maximum absolute atomic E-state index is 12.6. The molecular weight excluding hydrogens is 360 g/mol. The second-order valence-electron chi connectivity index (χ2n) is 6.52. The zero-order valence-corrected chi connectivity index (χ0v) is 16.0. The first-order valence-electron chi connectivity index (χ1n) is 9.15. The van der Waals surface area contributed by atoms with Crippen molar-refractivity contribution in [3.8, 4) is 17.2 Å². The number of nitrogens with zero attached hydrogens (tertiary/aromatic N) is 1. The fourth-order valence-electron chi connectivity index (χ4n) is 3.07. The van der Waals surface area contributed by atoms with Crippen LogP contribution in [0.2, 0.25) is 0 Å². The third-order valence-corrected chi connectivity index (χ3v) is 4.65. The number of amides is 2. The summed E-state index contributed by atoms with van der Waals surface area (Å²) in [7, 11) is 3.08. The highest BCUT2D eigenvalue weighted by molar-refractivity contribution is 5.95. The second kappa shape index (κ2) is 9.12. The molecule has 0 radical (unpaired) electrons. The van der Waals surface area contributed by atoms with E-state index in [9.17, 15) is 9.59 Å². The lowest BCUT2D eigenvalue weighted by molar-refractivity contribution is 0.0909. The van der Waals surface area contributed by atoms with Crippen LogP contribution in [0, 0.1) is 0 Å². The molecule has 3 rings (SSSR count). The first-order valence-corrected chi connectivity index (χ1v) is 9.15. The first-order chi connectivity index (χ1) is 13.6. The van der Waals surface area contributed by atoms with Crippen molar-refractivity contribution in [2.45, 2.75) is 18.9 Å². The number of hydrogen-bond acceptors (Lipinski definition) is 5. The maximum atomic E-state index is 12.6. The Morgan fingerprint density at radius 1 is 0.929 bits per heavy atom. The van der Waals surface area contributed by atoms with Crippen molar-refractivity contribution >= 4 is 12.0 Å². The molecule has 2 aromatic carbocycles. The molecule has 1 aliphatic heterocycles. The number of benzene rings is 2. The predicted molar refractivity (Wildman–Crippen MR) is 104 cm³/mol. The topological polar surface area (TPSA) is 77.1 Å². The Hall–Kier alpha value is -3.22. The Labute approximate surface area is 164 Å². The Morgan fingerprint density at radius 2 is 1.54 bits per heavy atom. The summed E-state index contributed by atoms with van der Waals surface area (Å²) in [5, 5.41) is 3.02. The predicted octanol–water partition coefficient (Wildman–Crippen LogP) is 3.10. The van der Waals surface area contributed by atoms with E-state index in [2.05, 4.69) is 5.32 Å². The van der Waals surface area contributed by atoms with E-state index >= 15 is 0 Å². The lowest BCUT2D eigenvalue weighted by atomic mass is 10.0. The largest absolute Gasteiger partial charge is 0.497 e. The van der Waals surface area contributed by atoms with Gasteiger partial charge in [-0.3, -0.25) is 4.79 Å². The number of likely N-dealkylation sites (tertiary alicyclic amines) is 1. The molecule has 0 aliphatic carbocycles. The molecule has 2 aromatic rings. The molecule has 0 unspecified atom stereocenters. The van der Waals surface area contributed by atoms with Crippen LogP contribution in [0.15, 0.2) is 48.5 Å². The average Bonchev–Trinajstić information content (AvgIpc) is 2.74. The number of carbonyl (C=O) groups is 2. The third-order valence-electron chi connectivity index (χ3n) is 4.65. The molecule has 7 heteroatoms. The van der Waals surface area contributed by atoms with Crippen LogP contribution in [-0.2, 0) is 0 Å². The van der Waals surface area contributed by atoms with Crippen LogP contribution in [0.5, 0.6) is 17.2 Å². The number of carbonyl (C=O) groups excluding carboxylic acids is 2. The van der Waals surface area contributed by atoms with Gasteiger partial charge in [0.25, 0.3) is 5.91 Å². The molecule has 1 aliphatic rings. The van der Waals surface area contributed by atoms with Gasteiger partial charge in [-0.05, 0) is 37.1 Å². The summed E-state index contributed by atoms with van der Waals surface area (Å²) in [5.41, 5.74) is 0.474. The number of piperidine rings is 1. The summed E-state index contributed by atoms with van der Waals surface area (Å²) in [4.78, 5) is 26.5. The zero-order chi connectivity index (χ0) is 19.9. The number of para-hydroxylation sites is 1. The standard InChI is InChI=1S/C21H24N2O5/c1-26-18-12-15(13-19(14-18)27-2)20(24)22-16-8-10-23(11-9-16)21(25)28-17-6-4-3-5-7-17/h3-7,12-14,16H,8-11H2,1-2H3,(H,22,24). The van der Waals surface area contributed by atoms with Crippen molar-refractivity contribution in [2.75, 3.05) is 27.3 Å². The Morgan fingerprint density at radius 3 is 2.11 bits per heavy atom. The van der Waals surface area contributed by atoms with Gasteiger partial charge in [0.1, 0.15) is 17.2 Å². The monoisotopic (exact) mass is 384 g/mol. The van der Waals surface area contributed by atoms with Crippen molar-refractivity contribution in [3.63, 3.8) is 0 Å². The number of ether oxygens (including phenoxy) is 3. The zero-order valence-electron chi connectivity index (χ0n) is 16.0. The number of hydrogen-bond donors (Lipinski definition) is 1. The number of rotatable bonds is 5.